The predicted molar refractivity (Wildman–Crippen MR) is 96.6 cm³/mol. The number of amides is 1. The number of halogens is 1. The van der Waals surface area contributed by atoms with Gasteiger partial charge in [0.2, 0.25) is 5.89 Å². The molecular formula is C19H25FN4O3. The van der Waals surface area contributed by atoms with Crippen LogP contribution in [-0.4, -0.2) is 58.6 Å². The van der Waals surface area contributed by atoms with Crippen LogP contribution in [0.3, 0.4) is 0 Å². The maximum absolute atomic E-state index is 12.9. The minimum Gasteiger partial charge on any atom is -0.484 e. The van der Waals surface area contributed by atoms with Gasteiger partial charge in [-0.2, -0.15) is 4.98 Å². The van der Waals surface area contributed by atoms with E-state index in [9.17, 15) is 9.18 Å². The van der Waals surface area contributed by atoms with Crippen molar-refractivity contribution in [3.05, 3.63) is 41.8 Å². The van der Waals surface area contributed by atoms with Crippen LogP contribution >= 0.6 is 0 Å². The molecule has 0 N–H and O–H groups in total. The molecule has 1 fully saturated rings. The van der Waals surface area contributed by atoms with Crippen molar-refractivity contribution in [3.63, 3.8) is 0 Å². The molecule has 1 aliphatic heterocycles. The molecule has 0 unspecified atom stereocenters. The van der Waals surface area contributed by atoms with Gasteiger partial charge >= 0.3 is 0 Å². The van der Waals surface area contributed by atoms with E-state index < -0.39 is 0 Å². The van der Waals surface area contributed by atoms with Gasteiger partial charge in [-0.15, -0.1) is 0 Å². The van der Waals surface area contributed by atoms with Crippen LogP contribution in [0.5, 0.6) is 5.75 Å². The van der Waals surface area contributed by atoms with E-state index in [1.807, 2.05) is 0 Å². The number of ether oxygens (including phenoxy) is 1. The Morgan fingerprint density at radius 3 is 2.59 bits per heavy atom. The average molecular weight is 376 g/mol. The van der Waals surface area contributed by atoms with Crippen LogP contribution in [0.15, 0.2) is 28.8 Å². The normalized spacial score (nSPS) is 15.3. The van der Waals surface area contributed by atoms with Crippen LogP contribution in [0.1, 0.15) is 25.6 Å². The zero-order chi connectivity index (χ0) is 19.2. The Hall–Kier alpha value is -2.48. The Morgan fingerprint density at radius 2 is 1.93 bits per heavy atom. The lowest BCUT2D eigenvalue weighted by Crippen LogP contribution is -2.49. The molecule has 7 nitrogen and oxygen atoms in total. The molecule has 1 saturated heterocycles. The fourth-order valence-corrected chi connectivity index (χ4v) is 2.92. The minimum atomic E-state index is -0.331. The van der Waals surface area contributed by atoms with Gasteiger partial charge in [0.05, 0.1) is 6.54 Å². The smallest absolute Gasteiger partial charge is 0.260 e. The summed E-state index contributed by atoms with van der Waals surface area (Å²) in [6.07, 6.45) is 0.805. The lowest BCUT2D eigenvalue weighted by Gasteiger charge is -2.33. The van der Waals surface area contributed by atoms with Crippen molar-refractivity contribution in [2.24, 2.45) is 5.92 Å². The van der Waals surface area contributed by atoms with Gasteiger partial charge in [-0.25, -0.2) is 4.39 Å². The van der Waals surface area contributed by atoms with Crippen LogP contribution in [0.25, 0.3) is 0 Å². The topological polar surface area (TPSA) is 71.7 Å². The predicted octanol–water partition coefficient (Wildman–Crippen LogP) is 2.13. The first-order valence-electron chi connectivity index (χ1n) is 9.19. The molecule has 2 aromatic rings. The number of benzene rings is 1. The number of aromatic nitrogens is 2. The molecule has 1 aliphatic rings. The number of rotatable bonds is 7. The van der Waals surface area contributed by atoms with E-state index in [0.717, 1.165) is 25.3 Å². The molecule has 0 saturated carbocycles. The van der Waals surface area contributed by atoms with E-state index in [1.165, 1.54) is 24.3 Å². The second kappa shape index (κ2) is 8.94. The summed E-state index contributed by atoms with van der Waals surface area (Å²) >= 11 is 0. The van der Waals surface area contributed by atoms with Crippen molar-refractivity contribution in [3.8, 4) is 5.75 Å². The summed E-state index contributed by atoms with van der Waals surface area (Å²) in [5, 5.41) is 4.01. The molecule has 146 valence electrons. The molecule has 1 amide bonds. The Balaban J connectivity index is 1.40. The zero-order valence-electron chi connectivity index (χ0n) is 15.7. The first-order chi connectivity index (χ1) is 13.0. The molecular weight excluding hydrogens is 351 g/mol. The van der Waals surface area contributed by atoms with Crippen LogP contribution in [-0.2, 0) is 17.8 Å². The highest BCUT2D eigenvalue weighted by molar-refractivity contribution is 5.77. The number of nitrogens with zero attached hydrogens (tertiary/aromatic N) is 4. The van der Waals surface area contributed by atoms with Gasteiger partial charge in [0.15, 0.2) is 12.4 Å². The van der Waals surface area contributed by atoms with Crippen LogP contribution in [0.4, 0.5) is 4.39 Å². The van der Waals surface area contributed by atoms with Crippen molar-refractivity contribution in [1.82, 2.24) is 19.9 Å². The number of hydrogen-bond donors (Lipinski definition) is 0. The average Bonchev–Trinajstić information content (AvgIpc) is 3.07. The van der Waals surface area contributed by atoms with Crippen LogP contribution in [0.2, 0.25) is 0 Å². The van der Waals surface area contributed by atoms with Crippen molar-refractivity contribution < 1.29 is 18.4 Å². The summed E-state index contributed by atoms with van der Waals surface area (Å²) in [6, 6.07) is 5.64. The summed E-state index contributed by atoms with van der Waals surface area (Å²) < 4.78 is 23.6. The molecule has 0 bridgehead atoms. The Kier molecular flexibility index (Phi) is 6.39. The first-order valence-corrected chi connectivity index (χ1v) is 9.19. The Morgan fingerprint density at radius 1 is 1.22 bits per heavy atom. The van der Waals surface area contributed by atoms with Crippen LogP contribution < -0.4 is 4.74 Å². The van der Waals surface area contributed by atoms with Gasteiger partial charge in [0, 0.05) is 32.6 Å². The molecule has 2 heterocycles. The zero-order valence-corrected chi connectivity index (χ0v) is 15.7. The molecule has 8 heteroatoms. The summed E-state index contributed by atoms with van der Waals surface area (Å²) in [5.41, 5.74) is 0. The maximum Gasteiger partial charge on any atom is 0.260 e. The maximum atomic E-state index is 12.9. The second-order valence-electron chi connectivity index (χ2n) is 7.10. The lowest BCUT2D eigenvalue weighted by atomic mass is 10.1. The third-order valence-electron chi connectivity index (χ3n) is 4.36. The SMILES string of the molecule is CC(C)Cc1noc(CN2CCN(C(=O)COc3ccc(F)cc3)CC2)n1. The largest absolute Gasteiger partial charge is 0.484 e. The molecule has 27 heavy (non-hydrogen) atoms. The third kappa shape index (κ3) is 5.75. The van der Waals surface area contributed by atoms with Gasteiger partial charge in [-0.05, 0) is 30.2 Å². The van der Waals surface area contributed by atoms with Crippen LogP contribution in [0, 0.1) is 11.7 Å². The number of piperazine rings is 1. The summed E-state index contributed by atoms with van der Waals surface area (Å²) in [6.45, 7) is 7.51. The highest BCUT2D eigenvalue weighted by Crippen LogP contribution is 2.12. The molecule has 3 rings (SSSR count). The third-order valence-corrected chi connectivity index (χ3v) is 4.36. The summed E-state index contributed by atoms with van der Waals surface area (Å²) in [4.78, 5) is 20.7. The van der Waals surface area contributed by atoms with Crippen molar-refractivity contribution in [2.75, 3.05) is 32.8 Å². The molecule has 1 aromatic heterocycles. The number of carbonyl (C=O) groups excluding carboxylic acids is 1. The summed E-state index contributed by atoms with van der Waals surface area (Å²) in [5.74, 6) is 1.93. The van der Waals surface area contributed by atoms with Crippen molar-refractivity contribution in [2.45, 2.75) is 26.8 Å². The van der Waals surface area contributed by atoms with E-state index >= 15 is 0 Å². The number of hydrogen-bond acceptors (Lipinski definition) is 6. The molecule has 0 aliphatic carbocycles. The van der Waals surface area contributed by atoms with Gasteiger partial charge in [-0.1, -0.05) is 19.0 Å². The fourth-order valence-electron chi connectivity index (χ4n) is 2.92. The highest BCUT2D eigenvalue weighted by atomic mass is 19.1. The monoisotopic (exact) mass is 376 g/mol. The van der Waals surface area contributed by atoms with E-state index in [0.29, 0.717) is 37.2 Å². The molecule has 0 spiro atoms. The van der Waals surface area contributed by atoms with Crippen molar-refractivity contribution in [1.29, 1.82) is 0 Å². The molecule has 1 aromatic carbocycles. The summed E-state index contributed by atoms with van der Waals surface area (Å²) in [7, 11) is 0. The van der Waals surface area contributed by atoms with Gasteiger partial charge in [0.1, 0.15) is 11.6 Å². The van der Waals surface area contributed by atoms with E-state index in [-0.39, 0.29) is 18.3 Å². The standard InChI is InChI=1S/C19H25FN4O3/c1-14(2)11-17-21-18(27-22-17)12-23-7-9-24(10-8-23)19(25)13-26-16-5-3-15(20)4-6-16/h3-6,14H,7-13H2,1-2H3. The van der Waals surface area contributed by atoms with Gasteiger partial charge in [-0.3, -0.25) is 9.69 Å². The fraction of sp³-hybridized carbons (Fsp3) is 0.526. The van der Waals surface area contributed by atoms with E-state index in [1.54, 1.807) is 4.90 Å². The van der Waals surface area contributed by atoms with Crippen molar-refractivity contribution >= 4 is 5.91 Å². The van der Waals surface area contributed by atoms with Gasteiger partial charge < -0.3 is 14.2 Å². The Bertz CT molecular complexity index is 740. The first kappa shape index (κ1) is 19.3. The molecule has 0 radical (unpaired) electrons. The number of carbonyl (C=O) groups is 1. The lowest BCUT2D eigenvalue weighted by molar-refractivity contribution is -0.135. The Labute approximate surface area is 158 Å². The van der Waals surface area contributed by atoms with E-state index in [2.05, 4.69) is 28.9 Å². The quantitative estimate of drug-likeness (QED) is 0.737. The second-order valence-corrected chi connectivity index (χ2v) is 7.10. The van der Waals surface area contributed by atoms with E-state index in [4.69, 9.17) is 9.26 Å². The highest BCUT2D eigenvalue weighted by Gasteiger charge is 2.23. The van der Waals surface area contributed by atoms with Gasteiger partial charge in [0.25, 0.3) is 5.91 Å². The molecule has 0 atom stereocenters. The minimum absolute atomic E-state index is 0.0478.